The van der Waals surface area contributed by atoms with Crippen LogP contribution in [0.15, 0.2) is 24.3 Å². The van der Waals surface area contributed by atoms with Gasteiger partial charge in [-0.3, -0.25) is 4.79 Å². The molecule has 2 rings (SSSR count). The standard InChI is InChI=1S/C16H22N2OS2/c1-11(21-16(20)18(2)3)15(19)17-14-10-6-8-12-7-4-5-9-13(12)14/h4-5,7,9,11,14H,6,8,10H2,1-3H3,(H,17,19)/t11-,14+/m1/s1. The van der Waals surface area contributed by atoms with E-state index in [9.17, 15) is 4.79 Å². The molecule has 1 aromatic rings. The molecule has 1 aliphatic carbocycles. The second kappa shape index (κ2) is 7.27. The Hall–Kier alpha value is -1.07. The fraction of sp³-hybridized carbons (Fsp3) is 0.500. The van der Waals surface area contributed by atoms with Crippen molar-refractivity contribution < 1.29 is 4.79 Å². The van der Waals surface area contributed by atoms with Gasteiger partial charge in [-0.25, -0.2) is 0 Å². The smallest absolute Gasteiger partial charge is 0.233 e. The van der Waals surface area contributed by atoms with E-state index in [0.717, 1.165) is 23.6 Å². The lowest BCUT2D eigenvalue weighted by Gasteiger charge is -2.27. The second-order valence-electron chi connectivity index (χ2n) is 5.57. The zero-order valence-corrected chi connectivity index (χ0v) is 14.4. The fourth-order valence-corrected chi connectivity index (χ4v) is 3.62. The van der Waals surface area contributed by atoms with Crippen molar-refractivity contribution >= 4 is 34.2 Å². The highest BCUT2D eigenvalue weighted by Gasteiger charge is 2.24. The third-order valence-electron chi connectivity index (χ3n) is 3.70. The molecular formula is C16H22N2OS2. The topological polar surface area (TPSA) is 32.3 Å². The fourth-order valence-electron chi connectivity index (χ4n) is 2.50. The van der Waals surface area contributed by atoms with Gasteiger partial charge in [-0.15, -0.1) is 0 Å². The maximum atomic E-state index is 12.4. The summed E-state index contributed by atoms with van der Waals surface area (Å²) in [7, 11) is 3.80. The van der Waals surface area contributed by atoms with Crippen LogP contribution in [0.1, 0.15) is 36.9 Å². The highest BCUT2D eigenvalue weighted by molar-refractivity contribution is 8.23. The molecule has 2 atom stereocenters. The molecule has 0 aliphatic heterocycles. The highest BCUT2D eigenvalue weighted by atomic mass is 32.2. The molecule has 114 valence electrons. The summed E-state index contributed by atoms with van der Waals surface area (Å²) in [5.41, 5.74) is 2.63. The van der Waals surface area contributed by atoms with E-state index in [1.807, 2.05) is 32.0 Å². The van der Waals surface area contributed by atoms with Gasteiger partial charge < -0.3 is 10.2 Å². The SMILES string of the molecule is C[C@@H](SC(=S)N(C)C)C(=O)N[C@H]1CCCc2ccccc21. The van der Waals surface area contributed by atoms with E-state index in [1.54, 1.807) is 0 Å². The number of benzene rings is 1. The van der Waals surface area contributed by atoms with Crippen LogP contribution in [0.2, 0.25) is 0 Å². The molecule has 0 saturated carbocycles. The van der Waals surface area contributed by atoms with E-state index in [1.165, 1.54) is 22.9 Å². The maximum absolute atomic E-state index is 12.4. The van der Waals surface area contributed by atoms with E-state index in [4.69, 9.17) is 12.2 Å². The number of fused-ring (bicyclic) bond motifs is 1. The van der Waals surface area contributed by atoms with Gasteiger partial charge in [0.25, 0.3) is 0 Å². The molecule has 1 amide bonds. The molecule has 0 unspecified atom stereocenters. The van der Waals surface area contributed by atoms with E-state index < -0.39 is 0 Å². The number of carbonyl (C=O) groups is 1. The molecule has 0 spiro atoms. The van der Waals surface area contributed by atoms with Gasteiger partial charge in [0.2, 0.25) is 5.91 Å². The van der Waals surface area contributed by atoms with E-state index in [-0.39, 0.29) is 17.2 Å². The van der Waals surface area contributed by atoms with Gasteiger partial charge in [0.15, 0.2) is 0 Å². The van der Waals surface area contributed by atoms with Crippen molar-refractivity contribution in [3.05, 3.63) is 35.4 Å². The summed E-state index contributed by atoms with van der Waals surface area (Å²) in [6, 6.07) is 8.53. The second-order valence-corrected chi connectivity index (χ2v) is 7.55. The Morgan fingerprint density at radius 3 is 2.86 bits per heavy atom. The first-order valence-electron chi connectivity index (χ1n) is 7.25. The van der Waals surface area contributed by atoms with Crippen LogP contribution in [0.4, 0.5) is 0 Å². The Morgan fingerprint density at radius 2 is 2.14 bits per heavy atom. The van der Waals surface area contributed by atoms with E-state index in [2.05, 4.69) is 23.5 Å². The highest BCUT2D eigenvalue weighted by Crippen LogP contribution is 2.29. The number of amides is 1. The number of hydrogen-bond donors (Lipinski definition) is 1. The van der Waals surface area contributed by atoms with Crippen molar-refractivity contribution in [2.24, 2.45) is 0 Å². The van der Waals surface area contributed by atoms with E-state index in [0.29, 0.717) is 0 Å². The van der Waals surface area contributed by atoms with E-state index >= 15 is 0 Å². The monoisotopic (exact) mass is 322 g/mol. The molecule has 1 N–H and O–H groups in total. The van der Waals surface area contributed by atoms with Crippen LogP contribution in [-0.2, 0) is 11.2 Å². The van der Waals surface area contributed by atoms with Crippen LogP contribution in [-0.4, -0.2) is 34.5 Å². The Kier molecular flexibility index (Phi) is 5.65. The van der Waals surface area contributed by atoms with Crippen LogP contribution in [0.3, 0.4) is 0 Å². The molecule has 0 aromatic heterocycles. The van der Waals surface area contributed by atoms with Gasteiger partial charge >= 0.3 is 0 Å². The molecule has 5 heteroatoms. The number of thioether (sulfide) groups is 1. The third-order valence-corrected chi connectivity index (χ3v) is 5.49. The summed E-state index contributed by atoms with van der Waals surface area (Å²) in [5.74, 6) is 0.0610. The molecule has 3 nitrogen and oxygen atoms in total. The van der Waals surface area contributed by atoms with Crippen molar-refractivity contribution in [3.63, 3.8) is 0 Å². The number of rotatable bonds is 3. The molecule has 21 heavy (non-hydrogen) atoms. The largest absolute Gasteiger partial charge is 0.364 e. The summed E-state index contributed by atoms with van der Waals surface area (Å²) in [6.45, 7) is 1.91. The number of thiocarbonyl (C=S) groups is 1. The van der Waals surface area contributed by atoms with Gasteiger partial charge in [0.1, 0.15) is 4.32 Å². The van der Waals surface area contributed by atoms with Gasteiger partial charge in [-0.2, -0.15) is 0 Å². The average molecular weight is 322 g/mol. The summed E-state index contributed by atoms with van der Waals surface area (Å²) >= 11 is 6.68. The zero-order valence-electron chi connectivity index (χ0n) is 12.8. The summed E-state index contributed by atoms with van der Waals surface area (Å²) in [5, 5.41) is 3.01. The minimum absolute atomic E-state index is 0.0610. The molecule has 0 radical (unpaired) electrons. The summed E-state index contributed by atoms with van der Waals surface area (Å²) < 4.78 is 0.738. The summed E-state index contributed by atoms with van der Waals surface area (Å²) in [6.07, 6.45) is 3.25. The van der Waals surface area contributed by atoms with Crippen LogP contribution in [0.5, 0.6) is 0 Å². The van der Waals surface area contributed by atoms with Crippen LogP contribution in [0, 0.1) is 0 Å². The van der Waals surface area contributed by atoms with Crippen LogP contribution < -0.4 is 5.32 Å². The molecule has 0 fully saturated rings. The molecular weight excluding hydrogens is 300 g/mol. The number of nitrogens with one attached hydrogen (secondary N) is 1. The molecule has 1 aliphatic rings. The first kappa shape index (κ1) is 16.3. The lowest BCUT2D eigenvalue weighted by molar-refractivity contribution is -0.121. The first-order chi connectivity index (χ1) is 9.99. The van der Waals surface area contributed by atoms with Crippen molar-refractivity contribution in [2.75, 3.05) is 14.1 Å². The van der Waals surface area contributed by atoms with Gasteiger partial charge in [0, 0.05) is 14.1 Å². The number of hydrogen-bond acceptors (Lipinski definition) is 3. The summed E-state index contributed by atoms with van der Waals surface area (Å²) in [4.78, 5) is 14.2. The Balaban J connectivity index is 1.99. The number of aryl methyl sites for hydroxylation is 1. The maximum Gasteiger partial charge on any atom is 0.233 e. The molecule has 0 saturated heterocycles. The van der Waals surface area contributed by atoms with Crippen molar-refractivity contribution in [2.45, 2.75) is 37.5 Å². The van der Waals surface area contributed by atoms with Gasteiger partial charge in [-0.05, 0) is 37.3 Å². The lowest BCUT2D eigenvalue weighted by Crippen LogP contribution is -2.37. The average Bonchev–Trinajstić information content (AvgIpc) is 2.47. The van der Waals surface area contributed by atoms with Crippen molar-refractivity contribution in [1.29, 1.82) is 0 Å². The predicted octanol–water partition coefficient (Wildman–Crippen LogP) is 3.15. The Labute approximate surface area is 136 Å². The first-order valence-corrected chi connectivity index (χ1v) is 8.54. The lowest BCUT2D eigenvalue weighted by atomic mass is 9.88. The van der Waals surface area contributed by atoms with Crippen LogP contribution >= 0.6 is 24.0 Å². The van der Waals surface area contributed by atoms with Crippen LogP contribution in [0.25, 0.3) is 0 Å². The Bertz CT molecular complexity index is 531. The van der Waals surface area contributed by atoms with Gasteiger partial charge in [0.05, 0.1) is 11.3 Å². The quantitative estimate of drug-likeness (QED) is 0.867. The normalized spacial score (nSPS) is 18.5. The molecule has 1 aromatic carbocycles. The predicted molar refractivity (Wildman–Crippen MR) is 93.6 cm³/mol. The minimum atomic E-state index is -0.172. The zero-order chi connectivity index (χ0) is 15.4. The minimum Gasteiger partial charge on any atom is -0.364 e. The molecule has 0 heterocycles. The Morgan fingerprint density at radius 1 is 1.43 bits per heavy atom. The van der Waals surface area contributed by atoms with Gasteiger partial charge in [-0.1, -0.05) is 48.2 Å². The third kappa shape index (κ3) is 4.20. The van der Waals surface area contributed by atoms with Crippen molar-refractivity contribution in [3.8, 4) is 0 Å². The van der Waals surface area contributed by atoms with Crippen molar-refractivity contribution in [1.82, 2.24) is 10.2 Å². The number of carbonyl (C=O) groups excluding carboxylic acids is 1. The molecule has 0 bridgehead atoms. The number of nitrogens with zero attached hydrogens (tertiary/aromatic N) is 1.